The highest BCUT2D eigenvalue weighted by Crippen LogP contribution is 2.35. The van der Waals surface area contributed by atoms with Crippen LogP contribution in [-0.2, 0) is 29.9 Å². The van der Waals surface area contributed by atoms with Gasteiger partial charge in [-0.1, -0.05) is 53.7 Å². The minimum absolute atomic E-state index is 0.0417. The number of nitrogens with zero attached hydrogens (tertiary/aromatic N) is 2. The molecule has 0 unspecified atom stereocenters. The Hall–Kier alpha value is -5.00. The highest BCUT2D eigenvalue weighted by atomic mass is 16.6. The van der Waals surface area contributed by atoms with Crippen LogP contribution in [0, 0.1) is 0 Å². The Bertz CT molecular complexity index is 1610. The van der Waals surface area contributed by atoms with Crippen LogP contribution in [0.5, 0.6) is 0 Å². The molecule has 0 saturated heterocycles. The molecule has 52 heavy (non-hydrogen) atoms. The van der Waals surface area contributed by atoms with Gasteiger partial charge in [-0.3, -0.25) is 9.59 Å². The molecule has 0 spiro atoms. The van der Waals surface area contributed by atoms with E-state index in [0.717, 1.165) is 11.1 Å². The molecule has 1 heterocycles. The molecule has 0 atom stereocenters. The van der Waals surface area contributed by atoms with Crippen LogP contribution in [0.15, 0.2) is 48.5 Å². The number of hydrogen-bond acceptors (Lipinski definition) is 8. The Morgan fingerprint density at radius 2 is 0.885 bits per heavy atom. The number of nitrogens with one attached hydrogen (secondary N) is 4. The number of carbonyl (C=O) groups excluding carboxylic acids is 4. The number of benzene rings is 2. The van der Waals surface area contributed by atoms with E-state index in [1.54, 1.807) is 41.5 Å². The maximum atomic E-state index is 13.0. The van der Waals surface area contributed by atoms with Crippen LogP contribution < -0.4 is 21.3 Å². The van der Waals surface area contributed by atoms with Gasteiger partial charge in [0.2, 0.25) is 11.8 Å². The molecule has 12 heteroatoms. The Labute approximate surface area is 308 Å². The number of ether oxygens (including phenoxy) is 2. The smallest absolute Gasteiger partial charge is 0.407 e. The quantitative estimate of drug-likeness (QED) is 0.164. The van der Waals surface area contributed by atoms with Crippen molar-refractivity contribution in [2.75, 3.05) is 23.7 Å². The molecule has 0 aliphatic carbocycles. The summed E-state index contributed by atoms with van der Waals surface area (Å²) in [4.78, 5) is 50.0. The van der Waals surface area contributed by atoms with Gasteiger partial charge in [0, 0.05) is 37.1 Å². The summed E-state index contributed by atoms with van der Waals surface area (Å²) in [6.07, 6.45) is -1.09. The zero-order valence-corrected chi connectivity index (χ0v) is 32.8. The topological polar surface area (TPSA) is 161 Å². The number of hydrogen-bond donors (Lipinski definition) is 4. The van der Waals surface area contributed by atoms with Crippen molar-refractivity contribution in [2.24, 2.45) is 0 Å². The first-order chi connectivity index (χ1) is 23.9. The van der Waals surface area contributed by atoms with E-state index in [0.29, 0.717) is 33.9 Å². The third-order valence-corrected chi connectivity index (χ3v) is 7.58. The predicted molar refractivity (Wildman–Crippen MR) is 205 cm³/mol. The van der Waals surface area contributed by atoms with Crippen LogP contribution in [0.1, 0.15) is 107 Å². The van der Waals surface area contributed by atoms with Crippen LogP contribution in [-0.4, -0.2) is 58.5 Å². The fraction of sp³-hybridized carbons (Fsp3) is 0.500. The Morgan fingerprint density at radius 1 is 0.538 bits per heavy atom. The van der Waals surface area contributed by atoms with E-state index in [2.05, 4.69) is 73.0 Å². The van der Waals surface area contributed by atoms with Crippen molar-refractivity contribution < 1.29 is 28.7 Å². The monoisotopic (exact) mass is 716 g/mol. The average Bonchev–Trinajstić information content (AvgIpc) is 2.98. The molecular formula is C40H56N6O6. The highest BCUT2D eigenvalue weighted by molar-refractivity contribution is 5.97. The van der Waals surface area contributed by atoms with Crippen molar-refractivity contribution in [1.29, 1.82) is 0 Å². The zero-order chi connectivity index (χ0) is 39.1. The second-order valence-electron chi connectivity index (χ2n) is 16.8. The van der Waals surface area contributed by atoms with E-state index in [1.807, 2.05) is 48.5 Å². The Kier molecular flexibility index (Phi) is 13.2. The lowest BCUT2D eigenvalue weighted by Crippen LogP contribution is -2.34. The fourth-order valence-corrected chi connectivity index (χ4v) is 4.89. The van der Waals surface area contributed by atoms with Crippen LogP contribution in [0.4, 0.5) is 21.0 Å². The van der Waals surface area contributed by atoms with Crippen molar-refractivity contribution >= 4 is 35.4 Å². The SMILES string of the molecule is CC(C)(C)OC(=O)NCCC(=O)Nc1ccc(C(C)(C)C)cc1-c1ccc(-c2cc(C(C)(C)C)ccc2NC(=O)CCNC(=O)OC(C)(C)C)nn1. The Balaban J connectivity index is 1.87. The van der Waals surface area contributed by atoms with Gasteiger partial charge >= 0.3 is 12.2 Å². The summed E-state index contributed by atoms with van der Waals surface area (Å²) in [5.74, 6) is -0.572. The lowest BCUT2D eigenvalue weighted by Gasteiger charge is -2.22. The average molecular weight is 717 g/mol. The molecule has 0 aliphatic rings. The van der Waals surface area contributed by atoms with Gasteiger partial charge in [0.15, 0.2) is 0 Å². The lowest BCUT2D eigenvalue weighted by atomic mass is 9.85. The molecule has 3 rings (SSSR count). The van der Waals surface area contributed by atoms with Crippen LogP contribution >= 0.6 is 0 Å². The van der Waals surface area contributed by atoms with Gasteiger partial charge in [-0.25, -0.2) is 9.59 Å². The van der Waals surface area contributed by atoms with Crippen LogP contribution in [0.2, 0.25) is 0 Å². The van der Waals surface area contributed by atoms with Crippen LogP contribution in [0.3, 0.4) is 0 Å². The normalized spacial score (nSPS) is 12.1. The number of anilines is 2. The number of aromatic nitrogens is 2. The minimum Gasteiger partial charge on any atom is -0.444 e. The van der Waals surface area contributed by atoms with E-state index in [1.165, 1.54) is 0 Å². The van der Waals surface area contributed by atoms with Gasteiger partial charge < -0.3 is 30.7 Å². The molecule has 3 aromatic rings. The number of amides is 4. The molecule has 0 radical (unpaired) electrons. The second kappa shape index (κ2) is 16.6. The summed E-state index contributed by atoms with van der Waals surface area (Å²) in [5, 5.41) is 20.3. The van der Waals surface area contributed by atoms with E-state index in [4.69, 9.17) is 9.47 Å². The van der Waals surface area contributed by atoms with Gasteiger partial charge in [0.25, 0.3) is 0 Å². The highest BCUT2D eigenvalue weighted by Gasteiger charge is 2.22. The standard InChI is InChI=1S/C40H56N6O6/c1-37(2,3)25-13-15-29(43-33(47)19-21-41-35(49)51-39(7,8)9)27(23-25)31-17-18-32(46-45-31)28-24-26(38(4,5)6)14-16-30(28)44-34(48)20-22-42-36(50)52-40(10,11)12/h13-18,23-24H,19-22H2,1-12H3,(H,41,49)(H,42,50)(H,43,47)(H,44,48). The minimum atomic E-state index is -0.639. The zero-order valence-electron chi connectivity index (χ0n) is 32.8. The summed E-state index contributed by atoms with van der Waals surface area (Å²) in [6, 6.07) is 15.3. The largest absolute Gasteiger partial charge is 0.444 e. The predicted octanol–water partition coefficient (Wildman–Crippen LogP) is 8.11. The van der Waals surface area contributed by atoms with Crippen molar-refractivity contribution in [3.8, 4) is 22.5 Å². The van der Waals surface area contributed by atoms with Gasteiger partial charge in [0.1, 0.15) is 11.2 Å². The molecule has 0 saturated carbocycles. The van der Waals surface area contributed by atoms with Gasteiger partial charge in [-0.15, -0.1) is 10.2 Å². The summed E-state index contributed by atoms with van der Waals surface area (Å²) >= 11 is 0. The van der Waals surface area contributed by atoms with E-state index in [-0.39, 0.29) is 48.6 Å². The molecule has 0 bridgehead atoms. The van der Waals surface area contributed by atoms with Gasteiger partial charge in [-0.2, -0.15) is 0 Å². The van der Waals surface area contributed by atoms with Gasteiger partial charge in [-0.05, 0) is 99.9 Å². The van der Waals surface area contributed by atoms with Gasteiger partial charge in [0.05, 0.1) is 22.8 Å². The number of carbonyl (C=O) groups is 4. The summed E-state index contributed by atoms with van der Waals surface area (Å²) in [5.41, 5.74) is 4.04. The van der Waals surface area contributed by atoms with E-state index >= 15 is 0 Å². The molecular weight excluding hydrogens is 660 g/mol. The number of rotatable bonds is 10. The lowest BCUT2D eigenvalue weighted by molar-refractivity contribution is -0.116. The van der Waals surface area contributed by atoms with Crippen LogP contribution in [0.25, 0.3) is 22.5 Å². The van der Waals surface area contributed by atoms with Crippen molar-refractivity contribution in [2.45, 2.75) is 118 Å². The first-order valence-electron chi connectivity index (χ1n) is 17.6. The fourth-order valence-electron chi connectivity index (χ4n) is 4.89. The maximum absolute atomic E-state index is 13.0. The number of alkyl carbamates (subject to hydrolysis) is 2. The molecule has 12 nitrogen and oxygen atoms in total. The van der Waals surface area contributed by atoms with Crippen molar-refractivity contribution in [1.82, 2.24) is 20.8 Å². The molecule has 1 aromatic heterocycles. The third-order valence-electron chi connectivity index (χ3n) is 7.58. The van der Waals surface area contributed by atoms with E-state index < -0.39 is 23.4 Å². The first kappa shape index (κ1) is 41.4. The first-order valence-corrected chi connectivity index (χ1v) is 17.6. The molecule has 0 aliphatic heterocycles. The van der Waals surface area contributed by atoms with Crippen molar-refractivity contribution in [3.05, 3.63) is 59.7 Å². The second-order valence-corrected chi connectivity index (χ2v) is 16.8. The third kappa shape index (κ3) is 13.3. The summed E-state index contributed by atoms with van der Waals surface area (Å²) in [7, 11) is 0. The molecule has 0 fully saturated rings. The molecule has 4 amide bonds. The van der Waals surface area contributed by atoms with E-state index in [9.17, 15) is 19.2 Å². The molecule has 282 valence electrons. The summed E-state index contributed by atoms with van der Waals surface area (Å²) in [6.45, 7) is 23.5. The maximum Gasteiger partial charge on any atom is 0.407 e. The van der Waals surface area contributed by atoms with Crippen molar-refractivity contribution in [3.63, 3.8) is 0 Å². The Morgan fingerprint density at radius 3 is 1.17 bits per heavy atom. The summed E-state index contributed by atoms with van der Waals surface area (Å²) < 4.78 is 10.5. The molecule has 2 aromatic carbocycles. The molecule has 4 N–H and O–H groups in total.